The molecule has 0 spiro atoms. The van der Waals surface area contributed by atoms with Crippen LogP contribution in [0.5, 0.6) is 0 Å². The summed E-state index contributed by atoms with van der Waals surface area (Å²) < 4.78 is 0. The maximum atomic E-state index is 6.19. The molecule has 12 heavy (non-hydrogen) atoms. The minimum Gasteiger partial charge on any atom is -0.146 e. The van der Waals surface area contributed by atoms with Crippen molar-refractivity contribution in [3.05, 3.63) is 20.8 Å². The predicted molar refractivity (Wildman–Crippen MR) is 60.7 cm³/mol. The zero-order valence-corrected chi connectivity index (χ0v) is 10.6. The molecule has 1 heterocycles. The molecule has 1 aromatic rings. The van der Waals surface area contributed by atoms with E-state index in [2.05, 4.69) is 42.1 Å². The fourth-order valence-corrected chi connectivity index (χ4v) is 3.45. The third-order valence-electron chi connectivity index (χ3n) is 1.63. The van der Waals surface area contributed by atoms with Crippen LogP contribution >= 0.6 is 38.9 Å². The highest BCUT2D eigenvalue weighted by molar-refractivity contribution is 9.08. The molecule has 1 aromatic heterocycles. The van der Waals surface area contributed by atoms with Gasteiger partial charge in [0.25, 0.3) is 0 Å². The second kappa shape index (κ2) is 3.69. The summed E-state index contributed by atoms with van der Waals surface area (Å²) in [5.41, 5.74) is 1.37. The smallest absolute Gasteiger partial charge is 0.0590 e. The number of hydrogen-bond acceptors (Lipinski definition) is 1. The van der Waals surface area contributed by atoms with E-state index in [1.54, 1.807) is 11.3 Å². The molecular formula is C9H12BrClS. The average Bonchev–Trinajstić information content (AvgIpc) is 2.29. The molecule has 0 atom stereocenters. The number of rotatable bonds is 1. The molecule has 3 heteroatoms. The van der Waals surface area contributed by atoms with Crippen LogP contribution in [0.4, 0.5) is 0 Å². The molecule has 0 aliphatic heterocycles. The maximum absolute atomic E-state index is 6.19. The van der Waals surface area contributed by atoms with Gasteiger partial charge in [-0.3, -0.25) is 0 Å². The Morgan fingerprint density at radius 3 is 2.33 bits per heavy atom. The Hall–Kier alpha value is 0.470. The fourth-order valence-electron chi connectivity index (χ4n) is 0.976. The molecular weight excluding hydrogens is 256 g/mol. The topological polar surface area (TPSA) is 0 Å². The molecule has 0 N–H and O–H groups in total. The van der Waals surface area contributed by atoms with Gasteiger partial charge in [-0.25, -0.2) is 0 Å². The summed E-state index contributed by atoms with van der Waals surface area (Å²) in [4.78, 5) is 1.28. The van der Waals surface area contributed by atoms with Crippen LogP contribution in [-0.4, -0.2) is 0 Å². The highest BCUT2D eigenvalue weighted by atomic mass is 79.9. The fraction of sp³-hybridized carbons (Fsp3) is 0.556. The van der Waals surface area contributed by atoms with Crippen molar-refractivity contribution in [1.82, 2.24) is 0 Å². The summed E-state index contributed by atoms with van der Waals surface area (Å²) in [7, 11) is 0. The summed E-state index contributed by atoms with van der Waals surface area (Å²) in [6.07, 6.45) is 0. The Bertz CT molecular complexity index is 273. The summed E-state index contributed by atoms with van der Waals surface area (Å²) in [6.45, 7) is 6.55. The van der Waals surface area contributed by atoms with Crippen molar-refractivity contribution >= 4 is 38.9 Å². The van der Waals surface area contributed by atoms with Gasteiger partial charge < -0.3 is 0 Å². The van der Waals surface area contributed by atoms with E-state index in [-0.39, 0.29) is 5.41 Å². The van der Waals surface area contributed by atoms with Gasteiger partial charge in [-0.15, -0.1) is 11.3 Å². The zero-order valence-electron chi connectivity index (χ0n) is 7.45. The summed E-state index contributed by atoms with van der Waals surface area (Å²) in [6, 6.07) is 0. The van der Waals surface area contributed by atoms with Crippen LogP contribution in [0, 0.1) is 0 Å². The lowest BCUT2D eigenvalue weighted by atomic mass is 9.94. The van der Waals surface area contributed by atoms with Crippen molar-refractivity contribution in [2.24, 2.45) is 0 Å². The third kappa shape index (κ3) is 2.04. The maximum Gasteiger partial charge on any atom is 0.0590 e. The van der Waals surface area contributed by atoms with Gasteiger partial charge in [-0.1, -0.05) is 48.3 Å². The Morgan fingerprint density at radius 1 is 1.50 bits per heavy atom. The number of thiophene rings is 1. The standard InChI is InChI=1S/C9H12BrClS/c1-9(2,3)8-7(11)6(4-10)5-12-8/h5H,4H2,1-3H3. The van der Waals surface area contributed by atoms with Crippen molar-refractivity contribution in [1.29, 1.82) is 0 Å². The van der Waals surface area contributed by atoms with Gasteiger partial charge in [0.15, 0.2) is 0 Å². The van der Waals surface area contributed by atoms with Crippen molar-refractivity contribution in [2.75, 3.05) is 0 Å². The van der Waals surface area contributed by atoms with E-state index >= 15 is 0 Å². The summed E-state index contributed by atoms with van der Waals surface area (Å²) in [5, 5.41) is 3.90. The first-order valence-electron chi connectivity index (χ1n) is 3.79. The average molecular weight is 268 g/mol. The van der Waals surface area contributed by atoms with Gasteiger partial charge in [0, 0.05) is 10.2 Å². The van der Waals surface area contributed by atoms with E-state index in [9.17, 15) is 0 Å². The van der Waals surface area contributed by atoms with Gasteiger partial charge in [-0.05, 0) is 16.4 Å². The normalized spacial score (nSPS) is 12.1. The monoisotopic (exact) mass is 266 g/mol. The van der Waals surface area contributed by atoms with E-state index in [0.717, 1.165) is 10.4 Å². The lowest BCUT2D eigenvalue weighted by Crippen LogP contribution is -2.09. The van der Waals surface area contributed by atoms with Gasteiger partial charge >= 0.3 is 0 Å². The van der Waals surface area contributed by atoms with Crippen LogP contribution in [0.25, 0.3) is 0 Å². The number of halogens is 2. The van der Waals surface area contributed by atoms with Crippen LogP contribution in [0.15, 0.2) is 5.38 Å². The quantitative estimate of drug-likeness (QED) is 0.653. The predicted octanol–water partition coefficient (Wildman–Crippen LogP) is 4.59. The van der Waals surface area contributed by atoms with Crippen LogP contribution in [0.1, 0.15) is 31.2 Å². The van der Waals surface area contributed by atoms with E-state index in [4.69, 9.17) is 11.6 Å². The van der Waals surface area contributed by atoms with Gasteiger partial charge in [0.1, 0.15) is 0 Å². The van der Waals surface area contributed by atoms with Gasteiger partial charge in [0.2, 0.25) is 0 Å². The Balaban J connectivity index is 3.11. The second-order valence-electron chi connectivity index (χ2n) is 3.79. The third-order valence-corrected chi connectivity index (χ3v) is 4.23. The molecule has 68 valence electrons. The van der Waals surface area contributed by atoms with Crippen LogP contribution < -0.4 is 0 Å². The molecule has 0 nitrogen and oxygen atoms in total. The zero-order chi connectivity index (χ0) is 9.35. The van der Waals surface area contributed by atoms with Crippen LogP contribution in [0.2, 0.25) is 5.02 Å². The van der Waals surface area contributed by atoms with Crippen molar-refractivity contribution < 1.29 is 0 Å². The molecule has 0 fully saturated rings. The van der Waals surface area contributed by atoms with Crippen molar-refractivity contribution in [2.45, 2.75) is 31.5 Å². The molecule has 0 saturated heterocycles. The molecule has 0 aliphatic rings. The molecule has 0 aromatic carbocycles. The molecule has 0 saturated carbocycles. The Kier molecular flexibility index (Phi) is 3.24. The van der Waals surface area contributed by atoms with Crippen molar-refractivity contribution in [3.8, 4) is 0 Å². The number of alkyl halides is 1. The SMILES string of the molecule is CC(C)(C)c1scc(CBr)c1Cl. The van der Waals surface area contributed by atoms with Crippen LogP contribution in [0.3, 0.4) is 0 Å². The highest BCUT2D eigenvalue weighted by Crippen LogP contribution is 2.37. The molecule has 0 unspecified atom stereocenters. The summed E-state index contributed by atoms with van der Waals surface area (Å²) >= 11 is 11.3. The van der Waals surface area contributed by atoms with Gasteiger partial charge in [-0.2, -0.15) is 0 Å². The second-order valence-corrected chi connectivity index (χ2v) is 5.61. The van der Waals surface area contributed by atoms with Gasteiger partial charge in [0.05, 0.1) is 5.02 Å². The first kappa shape index (κ1) is 10.6. The van der Waals surface area contributed by atoms with E-state index in [0.29, 0.717) is 0 Å². The summed E-state index contributed by atoms with van der Waals surface area (Å²) in [5.74, 6) is 0. The lowest BCUT2D eigenvalue weighted by Gasteiger charge is -2.16. The first-order chi connectivity index (χ1) is 5.46. The number of hydrogen-bond donors (Lipinski definition) is 0. The molecule has 0 bridgehead atoms. The van der Waals surface area contributed by atoms with E-state index in [1.807, 2.05) is 0 Å². The van der Waals surface area contributed by atoms with Crippen LogP contribution in [-0.2, 0) is 10.7 Å². The Morgan fingerprint density at radius 2 is 2.08 bits per heavy atom. The molecule has 0 radical (unpaired) electrons. The minimum atomic E-state index is 0.169. The molecule has 0 aliphatic carbocycles. The van der Waals surface area contributed by atoms with E-state index < -0.39 is 0 Å². The largest absolute Gasteiger partial charge is 0.146 e. The van der Waals surface area contributed by atoms with Crippen molar-refractivity contribution in [3.63, 3.8) is 0 Å². The lowest BCUT2D eigenvalue weighted by molar-refractivity contribution is 0.604. The Labute approximate surface area is 91.1 Å². The molecule has 0 amide bonds. The molecule has 1 rings (SSSR count). The first-order valence-corrected chi connectivity index (χ1v) is 6.17. The van der Waals surface area contributed by atoms with E-state index in [1.165, 1.54) is 10.4 Å². The minimum absolute atomic E-state index is 0.169. The highest BCUT2D eigenvalue weighted by Gasteiger charge is 2.20.